The van der Waals surface area contributed by atoms with E-state index in [-0.39, 0.29) is 24.2 Å². The molecule has 1 aromatic heterocycles. The summed E-state index contributed by atoms with van der Waals surface area (Å²) in [6.45, 7) is -0.423. The van der Waals surface area contributed by atoms with E-state index in [9.17, 15) is 19.2 Å². The van der Waals surface area contributed by atoms with Crippen molar-refractivity contribution in [3.8, 4) is 22.5 Å². The van der Waals surface area contributed by atoms with Gasteiger partial charge in [-0.2, -0.15) is 0 Å². The molecule has 0 saturated heterocycles. The van der Waals surface area contributed by atoms with Crippen LogP contribution in [0.5, 0.6) is 0 Å². The van der Waals surface area contributed by atoms with Gasteiger partial charge in [-0.15, -0.1) is 0 Å². The number of hydrogen-bond donors (Lipinski definition) is 2. The van der Waals surface area contributed by atoms with Gasteiger partial charge in [0.2, 0.25) is 11.7 Å². The standard InChI is InChI=1S/C28H24N4O4/c29-23-16-30-27(21-11-5-2-6-12-21)32(28(23)36)17-26(35)31-24(25(34)18-33)15-19-8-7-13-22(14-19)20-9-3-1-4-10-20/h1-14,16,18,24H,15,17,29H2,(H,31,35). The molecule has 36 heavy (non-hydrogen) atoms. The molecule has 0 fully saturated rings. The molecule has 8 nitrogen and oxygen atoms in total. The first kappa shape index (κ1) is 24.3. The SMILES string of the molecule is Nc1cnc(-c2ccccc2)n(CC(=O)NC(Cc2cccc(-c3ccccc3)c2)C(=O)C=O)c1=O. The molecular weight excluding hydrogens is 456 g/mol. The smallest absolute Gasteiger partial charge is 0.277 e. The summed E-state index contributed by atoms with van der Waals surface area (Å²) in [4.78, 5) is 53.6. The highest BCUT2D eigenvalue weighted by Gasteiger charge is 2.22. The number of amides is 1. The van der Waals surface area contributed by atoms with E-state index in [1.807, 2.05) is 60.7 Å². The minimum absolute atomic E-state index is 0.110. The zero-order chi connectivity index (χ0) is 25.5. The molecule has 0 radical (unpaired) electrons. The summed E-state index contributed by atoms with van der Waals surface area (Å²) in [5.74, 6) is -1.13. The van der Waals surface area contributed by atoms with Crippen LogP contribution in [0, 0.1) is 0 Å². The van der Waals surface area contributed by atoms with Crippen LogP contribution in [-0.2, 0) is 27.3 Å². The van der Waals surface area contributed by atoms with E-state index >= 15 is 0 Å². The second-order valence-corrected chi connectivity index (χ2v) is 8.21. The average molecular weight is 481 g/mol. The quantitative estimate of drug-likeness (QED) is 0.280. The monoisotopic (exact) mass is 480 g/mol. The number of ketones is 1. The van der Waals surface area contributed by atoms with Crippen LogP contribution in [0.1, 0.15) is 5.56 Å². The highest BCUT2D eigenvalue weighted by molar-refractivity contribution is 6.28. The number of Topliss-reactive ketones (excluding diaryl/α,β-unsaturated/α-hetero) is 1. The van der Waals surface area contributed by atoms with Crippen molar-refractivity contribution in [2.45, 2.75) is 19.0 Å². The van der Waals surface area contributed by atoms with Gasteiger partial charge in [0.05, 0.1) is 12.2 Å². The Hall–Kier alpha value is -4.85. The number of nitrogens with zero attached hydrogens (tertiary/aromatic N) is 2. The van der Waals surface area contributed by atoms with Crippen LogP contribution in [-0.4, -0.2) is 33.6 Å². The lowest BCUT2D eigenvalue weighted by Crippen LogP contribution is -2.45. The first-order valence-electron chi connectivity index (χ1n) is 11.3. The molecule has 1 unspecified atom stereocenters. The summed E-state index contributed by atoms with van der Waals surface area (Å²) >= 11 is 0. The Kier molecular flexibility index (Phi) is 7.45. The third-order valence-corrected chi connectivity index (χ3v) is 5.68. The summed E-state index contributed by atoms with van der Waals surface area (Å²) in [6, 6.07) is 25.0. The van der Waals surface area contributed by atoms with Crippen LogP contribution < -0.4 is 16.6 Å². The molecule has 3 N–H and O–H groups in total. The Balaban J connectivity index is 1.57. The van der Waals surface area contributed by atoms with E-state index in [2.05, 4.69) is 10.3 Å². The van der Waals surface area contributed by atoms with E-state index in [1.54, 1.807) is 24.3 Å². The molecule has 0 saturated carbocycles. The Morgan fingerprint density at radius 1 is 0.917 bits per heavy atom. The Morgan fingerprint density at radius 3 is 2.22 bits per heavy atom. The molecule has 8 heteroatoms. The lowest BCUT2D eigenvalue weighted by Gasteiger charge is -2.18. The summed E-state index contributed by atoms with van der Waals surface area (Å²) in [5, 5.41) is 2.60. The number of rotatable bonds is 9. The van der Waals surface area contributed by atoms with Crippen LogP contribution in [0.15, 0.2) is 95.9 Å². The third-order valence-electron chi connectivity index (χ3n) is 5.68. The minimum atomic E-state index is -1.09. The number of nitrogens with two attached hydrogens (primary N) is 1. The van der Waals surface area contributed by atoms with Crippen molar-refractivity contribution in [2.24, 2.45) is 0 Å². The van der Waals surface area contributed by atoms with Crippen molar-refractivity contribution in [1.29, 1.82) is 0 Å². The van der Waals surface area contributed by atoms with Crippen LogP contribution in [0.2, 0.25) is 0 Å². The van der Waals surface area contributed by atoms with E-state index in [0.717, 1.165) is 21.3 Å². The summed E-state index contributed by atoms with van der Waals surface area (Å²) < 4.78 is 1.15. The minimum Gasteiger partial charge on any atom is -0.393 e. The highest BCUT2D eigenvalue weighted by atomic mass is 16.2. The number of anilines is 1. The molecule has 4 aromatic rings. The second-order valence-electron chi connectivity index (χ2n) is 8.21. The molecule has 0 aliphatic rings. The number of nitrogens with one attached hydrogen (secondary N) is 1. The summed E-state index contributed by atoms with van der Waals surface area (Å²) in [7, 11) is 0. The first-order chi connectivity index (χ1) is 17.5. The summed E-state index contributed by atoms with van der Waals surface area (Å²) in [5.41, 5.74) is 8.41. The molecule has 0 aliphatic heterocycles. The van der Waals surface area contributed by atoms with Gasteiger partial charge in [0, 0.05) is 12.0 Å². The average Bonchev–Trinajstić information content (AvgIpc) is 2.91. The van der Waals surface area contributed by atoms with E-state index in [0.29, 0.717) is 5.56 Å². The van der Waals surface area contributed by atoms with Gasteiger partial charge in [0.15, 0.2) is 6.29 Å². The van der Waals surface area contributed by atoms with Crippen molar-refractivity contribution >= 4 is 23.7 Å². The first-order valence-corrected chi connectivity index (χ1v) is 11.3. The Morgan fingerprint density at radius 2 is 1.56 bits per heavy atom. The van der Waals surface area contributed by atoms with E-state index in [1.165, 1.54) is 6.20 Å². The lowest BCUT2D eigenvalue weighted by molar-refractivity contribution is -0.133. The van der Waals surface area contributed by atoms with Crippen LogP contribution in [0.3, 0.4) is 0 Å². The van der Waals surface area contributed by atoms with Crippen molar-refractivity contribution in [3.63, 3.8) is 0 Å². The molecule has 1 atom stereocenters. The molecule has 3 aromatic carbocycles. The van der Waals surface area contributed by atoms with E-state index in [4.69, 9.17) is 5.73 Å². The fourth-order valence-electron chi connectivity index (χ4n) is 3.90. The predicted molar refractivity (Wildman–Crippen MR) is 137 cm³/mol. The van der Waals surface area contributed by atoms with Gasteiger partial charge in [-0.3, -0.25) is 23.7 Å². The maximum absolute atomic E-state index is 13.0. The highest BCUT2D eigenvalue weighted by Crippen LogP contribution is 2.21. The van der Waals surface area contributed by atoms with Gasteiger partial charge in [-0.1, -0.05) is 84.9 Å². The molecule has 0 spiro atoms. The van der Waals surface area contributed by atoms with Gasteiger partial charge in [0.25, 0.3) is 5.56 Å². The van der Waals surface area contributed by atoms with Gasteiger partial charge < -0.3 is 11.1 Å². The number of carbonyl (C=O) groups excluding carboxylic acids is 3. The van der Waals surface area contributed by atoms with Crippen LogP contribution >= 0.6 is 0 Å². The zero-order valence-corrected chi connectivity index (χ0v) is 19.3. The maximum atomic E-state index is 13.0. The Bertz CT molecular complexity index is 1450. The van der Waals surface area contributed by atoms with Gasteiger partial charge in [-0.25, -0.2) is 4.98 Å². The molecule has 1 amide bonds. The van der Waals surface area contributed by atoms with Crippen LogP contribution in [0.4, 0.5) is 5.69 Å². The van der Waals surface area contributed by atoms with Crippen LogP contribution in [0.25, 0.3) is 22.5 Å². The van der Waals surface area contributed by atoms with Gasteiger partial charge >= 0.3 is 0 Å². The lowest BCUT2D eigenvalue weighted by atomic mass is 9.98. The number of aromatic nitrogens is 2. The largest absolute Gasteiger partial charge is 0.393 e. The normalized spacial score (nSPS) is 11.4. The number of carbonyl (C=O) groups is 3. The molecule has 1 heterocycles. The predicted octanol–water partition coefficient (Wildman–Crippen LogP) is 2.66. The fraction of sp³-hybridized carbons (Fsp3) is 0.107. The number of benzene rings is 3. The van der Waals surface area contributed by atoms with Gasteiger partial charge in [0.1, 0.15) is 18.1 Å². The fourth-order valence-corrected chi connectivity index (χ4v) is 3.90. The maximum Gasteiger partial charge on any atom is 0.277 e. The molecule has 4 rings (SSSR count). The zero-order valence-electron chi connectivity index (χ0n) is 19.3. The Labute approximate surface area is 207 Å². The van der Waals surface area contributed by atoms with Crippen molar-refractivity contribution in [2.75, 3.05) is 5.73 Å². The number of nitrogen functional groups attached to an aromatic ring is 1. The second kappa shape index (κ2) is 11.1. The molecule has 180 valence electrons. The molecular formula is C28H24N4O4. The number of aldehydes is 1. The molecule has 0 bridgehead atoms. The van der Waals surface area contributed by atoms with Crippen molar-refractivity contribution in [1.82, 2.24) is 14.9 Å². The van der Waals surface area contributed by atoms with Crippen molar-refractivity contribution < 1.29 is 14.4 Å². The van der Waals surface area contributed by atoms with Crippen molar-refractivity contribution in [3.05, 3.63) is 107 Å². The molecule has 0 aliphatic carbocycles. The summed E-state index contributed by atoms with van der Waals surface area (Å²) in [6.07, 6.45) is 1.55. The van der Waals surface area contributed by atoms with E-state index < -0.39 is 29.8 Å². The van der Waals surface area contributed by atoms with Gasteiger partial charge in [-0.05, 0) is 16.7 Å². The number of hydrogen-bond acceptors (Lipinski definition) is 6. The topological polar surface area (TPSA) is 124 Å². The third kappa shape index (κ3) is 5.61.